The van der Waals surface area contributed by atoms with Crippen molar-refractivity contribution in [2.75, 3.05) is 6.54 Å². The number of halogens is 1. The summed E-state index contributed by atoms with van der Waals surface area (Å²) < 4.78 is 1.65. The first kappa shape index (κ1) is 15.2. The molecule has 0 bridgehead atoms. The highest BCUT2D eigenvalue weighted by Crippen LogP contribution is 2.36. The van der Waals surface area contributed by atoms with Crippen molar-refractivity contribution in [3.8, 4) is 0 Å². The zero-order chi connectivity index (χ0) is 16.8. The molecule has 5 heteroatoms. The van der Waals surface area contributed by atoms with Crippen LogP contribution < -0.4 is 0 Å². The second-order valence-corrected chi connectivity index (χ2v) is 6.85. The zero-order valence-electron chi connectivity index (χ0n) is 13.6. The molecule has 1 aliphatic rings. The number of fused-ring (bicyclic) bond motifs is 2. The molecule has 24 heavy (non-hydrogen) atoms. The Morgan fingerprint density at radius 3 is 2.71 bits per heavy atom. The van der Waals surface area contributed by atoms with Crippen LogP contribution in [0.3, 0.4) is 0 Å². The van der Waals surface area contributed by atoms with E-state index in [1.165, 1.54) is 11.1 Å². The average molecular weight is 340 g/mol. The quantitative estimate of drug-likeness (QED) is 0.662. The molecule has 0 radical (unpaired) electrons. The third-order valence-electron chi connectivity index (χ3n) is 4.82. The van der Waals surface area contributed by atoms with E-state index in [0.29, 0.717) is 23.2 Å². The fraction of sp³-hybridized carbons (Fsp3) is 0.263. The largest absolute Gasteiger partial charge is 0.330 e. The molecule has 1 aromatic carbocycles. The van der Waals surface area contributed by atoms with Crippen molar-refractivity contribution >= 4 is 23.0 Å². The zero-order valence-corrected chi connectivity index (χ0v) is 14.4. The highest BCUT2D eigenvalue weighted by molar-refractivity contribution is 6.30. The van der Waals surface area contributed by atoms with Gasteiger partial charge in [-0.2, -0.15) is 5.10 Å². The van der Waals surface area contributed by atoms with Gasteiger partial charge in [-0.05, 0) is 42.2 Å². The molecule has 2 atom stereocenters. The minimum absolute atomic E-state index is 0.0383. The van der Waals surface area contributed by atoms with Crippen molar-refractivity contribution in [2.24, 2.45) is 0 Å². The van der Waals surface area contributed by atoms with Crippen LogP contribution in [0, 0.1) is 0 Å². The molecular formula is C19H18ClN3O. The number of pyridine rings is 1. The molecule has 4 rings (SSSR count). The molecule has 3 heterocycles. The molecule has 2 aromatic heterocycles. The normalized spacial score (nSPS) is 20.2. The molecule has 0 saturated heterocycles. The van der Waals surface area contributed by atoms with Gasteiger partial charge in [-0.1, -0.05) is 42.8 Å². The van der Waals surface area contributed by atoms with Crippen LogP contribution in [-0.2, 0) is 0 Å². The van der Waals surface area contributed by atoms with Crippen LogP contribution in [0.2, 0.25) is 5.02 Å². The Morgan fingerprint density at radius 1 is 1.17 bits per heavy atom. The van der Waals surface area contributed by atoms with Gasteiger partial charge in [0.15, 0.2) is 5.69 Å². The molecule has 0 spiro atoms. The van der Waals surface area contributed by atoms with Gasteiger partial charge < -0.3 is 4.90 Å². The topological polar surface area (TPSA) is 37.6 Å². The second-order valence-electron chi connectivity index (χ2n) is 6.41. The van der Waals surface area contributed by atoms with Gasteiger partial charge >= 0.3 is 0 Å². The lowest BCUT2D eigenvalue weighted by Gasteiger charge is -2.38. The number of hydrogen-bond donors (Lipinski definition) is 0. The lowest BCUT2D eigenvalue weighted by molar-refractivity contribution is 0.0653. The first-order chi connectivity index (χ1) is 11.5. The first-order valence-electron chi connectivity index (χ1n) is 8.09. The number of benzene rings is 1. The fourth-order valence-electron chi connectivity index (χ4n) is 3.53. The van der Waals surface area contributed by atoms with Gasteiger partial charge in [0.05, 0.1) is 16.6 Å². The molecule has 122 valence electrons. The van der Waals surface area contributed by atoms with Gasteiger partial charge in [-0.15, -0.1) is 0 Å². The Balaban J connectivity index is 1.71. The first-order valence-corrected chi connectivity index (χ1v) is 8.47. The summed E-state index contributed by atoms with van der Waals surface area (Å²) in [5.74, 6) is 0.275. The van der Waals surface area contributed by atoms with Crippen LogP contribution in [0.25, 0.3) is 5.52 Å². The van der Waals surface area contributed by atoms with Gasteiger partial charge in [0.2, 0.25) is 0 Å². The Kier molecular flexibility index (Phi) is 3.57. The maximum absolute atomic E-state index is 13.0. The summed E-state index contributed by atoms with van der Waals surface area (Å²) in [6.45, 7) is 4.94. The van der Waals surface area contributed by atoms with Gasteiger partial charge in [-0.3, -0.25) is 4.79 Å². The van der Waals surface area contributed by atoms with E-state index in [-0.39, 0.29) is 11.9 Å². The average Bonchev–Trinajstić information content (AvgIpc) is 3.00. The van der Waals surface area contributed by atoms with E-state index in [2.05, 4.69) is 37.1 Å². The monoisotopic (exact) mass is 339 g/mol. The smallest absolute Gasteiger partial charge is 0.274 e. The van der Waals surface area contributed by atoms with Crippen LogP contribution in [0.1, 0.15) is 47.4 Å². The summed E-state index contributed by atoms with van der Waals surface area (Å²) in [5.41, 5.74) is 3.86. The molecule has 2 unspecified atom stereocenters. The Labute approximate surface area is 145 Å². The summed E-state index contributed by atoms with van der Waals surface area (Å²) >= 11 is 6.00. The van der Waals surface area contributed by atoms with E-state index < -0.39 is 0 Å². The fourth-order valence-corrected chi connectivity index (χ4v) is 3.69. The summed E-state index contributed by atoms with van der Waals surface area (Å²) in [7, 11) is 0. The molecule has 1 aliphatic heterocycles. The van der Waals surface area contributed by atoms with E-state index in [1.54, 1.807) is 16.8 Å². The van der Waals surface area contributed by atoms with Crippen molar-refractivity contribution in [1.82, 2.24) is 14.5 Å². The van der Waals surface area contributed by atoms with Crippen molar-refractivity contribution < 1.29 is 4.79 Å². The third kappa shape index (κ3) is 2.38. The molecule has 0 fully saturated rings. The Hall–Kier alpha value is -2.33. The van der Waals surface area contributed by atoms with Gasteiger partial charge in [0, 0.05) is 12.7 Å². The third-order valence-corrected chi connectivity index (χ3v) is 5.04. The van der Waals surface area contributed by atoms with E-state index in [9.17, 15) is 4.79 Å². The standard InChI is InChI=1S/C19H18ClN3O/c1-12-10-22(13(2)17-6-4-3-5-16(12)17)19(24)18-9-15-8-7-14(20)11-23(15)21-18/h3-9,11-13H,10H2,1-2H3. The molecule has 0 saturated carbocycles. The van der Waals surface area contributed by atoms with E-state index in [1.807, 2.05) is 23.1 Å². The molecule has 1 amide bonds. The van der Waals surface area contributed by atoms with Crippen LogP contribution in [-0.4, -0.2) is 27.0 Å². The van der Waals surface area contributed by atoms with Crippen molar-refractivity contribution in [3.63, 3.8) is 0 Å². The SMILES string of the molecule is CC1CN(C(=O)c2cc3ccc(Cl)cn3n2)C(C)c2ccccc21. The summed E-state index contributed by atoms with van der Waals surface area (Å²) in [6.07, 6.45) is 1.71. The molecule has 0 N–H and O–H groups in total. The minimum Gasteiger partial charge on any atom is -0.330 e. The lowest BCUT2D eigenvalue weighted by atomic mass is 9.86. The molecule has 3 aromatic rings. The van der Waals surface area contributed by atoms with Gasteiger partial charge in [-0.25, -0.2) is 4.52 Å². The number of aromatic nitrogens is 2. The number of hydrogen-bond acceptors (Lipinski definition) is 2. The Morgan fingerprint density at radius 2 is 1.92 bits per heavy atom. The highest BCUT2D eigenvalue weighted by atomic mass is 35.5. The number of amides is 1. The number of carbonyl (C=O) groups is 1. The summed E-state index contributed by atoms with van der Waals surface area (Å²) in [4.78, 5) is 15.0. The van der Waals surface area contributed by atoms with E-state index in [4.69, 9.17) is 11.6 Å². The molecule has 4 nitrogen and oxygen atoms in total. The molecular weight excluding hydrogens is 322 g/mol. The maximum Gasteiger partial charge on any atom is 0.274 e. The number of carbonyl (C=O) groups excluding carboxylic acids is 1. The Bertz CT molecular complexity index is 933. The van der Waals surface area contributed by atoms with Gasteiger partial charge in [0.25, 0.3) is 5.91 Å². The van der Waals surface area contributed by atoms with Crippen LogP contribution in [0.15, 0.2) is 48.7 Å². The van der Waals surface area contributed by atoms with Crippen LogP contribution in [0.4, 0.5) is 0 Å². The minimum atomic E-state index is -0.0383. The highest BCUT2D eigenvalue weighted by Gasteiger charge is 2.32. The van der Waals surface area contributed by atoms with E-state index in [0.717, 1.165) is 5.52 Å². The summed E-state index contributed by atoms with van der Waals surface area (Å²) in [5, 5.41) is 5.00. The van der Waals surface area contributed by atoms with E-state index >= 15 is 0 Å². The van der Waals surface area contributed by atoms with Crippen molar-refractivity contribution in [3.05, 3.63) is 70.5 Å². The predicted molar refractivity (Wildman–Crippen MR) is 94.5 cm³/mol. The number of nitrogens with zero attached hydrogens (tertiary/aromatic N) is 3. The maximum atomic E-state index is 13.0. The molecule has 0 aliphatic carbocycles. The van der Waals surface area contributed by atoms with Crippen molar-refractivity contribution in [1.29, 1.82) is 0 Å². The summed E-state index contributed by atoms with van der Waals surface area (Å²) in [6, 6.07) is 13.9. The van der Waals surface area contributed by atoms with Crippen molar-refractivity contribution in [2.45, 2.75) is 25.8 Å². The predicted octanol–water partition coefficient (Wildman–Crippen LogP) is 4.31. The lowest BCUT2D eigenvalue weighted by Crippen LogP contribution is -2.40. The second kappa shape index (κ2) is 5.64. The van der Waals surface area contributed by atoms with Crippen LogP contribution >= 0.6 is 11.6 Å². The number of rotatable bonds is 1. The van der Waals surface area contributed by atoms with Crippen LogP contribution in [0.5, 0.6) is 0 Å². The van der Waals surface area contributed by atoms with Gasteiger partial charge in [0.1, 0.15) is 0 Å².